The van der Waals surface area contributed by atoms with E-state index >= 15 is 0 Å². The molecular formula is C7H9N2+. The van der Waals surface area contributed by atoms with Gasteiger partial charge >= 0.3 is 0 Å². The summed E-state index contributed by atoms with van der Waals surface area (Å²) in [5, 5.41) is 0. The first-order valence-corrected chi connectivity index (χ1v) is 2.76. The first-order valence-electron chi connectivity index (χ1n) is 2.76. The van der Waals surface area contributed by atoms with Crippen LogP contribution >= 0.6 is 0 Å². The number of aryl methyl sites for hydroxylation is 1. The Hall–Kier alpha value is -1.18. The van der Waals surface area contributed by atoms with Gasteiger partial charge in [-0.1, -0.05) is 6.58 Å². The molecule has 0 aliphatic carbocycles. The molecule has 1 aromatic rings. The maximum atomic E-state index is 4.02. The van der Waals surface area contributed by atoms with Crippen molar-refractivity contribution in [3.63, 3.8) is 0 Å². The van der Waals surface area contributed by atoms with Gasteiger partial charge in [-0.3, -0.25) is 0 Å². The van der Waals surface area contributed by atoms with Gasteiger partial charge in [-0.15, -0.1) is 0 Å². The van der Waals surface area contributed by atoms with Crippen molar-refractivity contribution in [2.75, 3.05) is 0 Å². The van der Waals surface area contributed by atoms with Crippen LogP contribution in [-0.4, -0.2) is 4.98 Å². The summed E-state index contributed by atoms with van der Waals surface area (Å²) in [5.41, 5.74) is 0.903. The van der Waals surface area contributed by atoms with Gasteiger partial charge < -0.3 is 0 Å². The standard InChI is InChI=1S/C7H9N2/c1-3-7-6-9(2)5-4-8-7/h3-6H,1H2,2H3/q+1. The summed E-state index contributed by atoms with van der Waals surface area (Å²) in [5.74, 6) is 0. The normalized spacial score (nSPS) is 9.00. The quantitative estimate of drug-likeness (QED) is 0.496. The van der Waals surface area contributed by atoms with Crippen molar-refractivity contribution < 1.29 is 4.57 Å². The molecule has 2 nitrogen and oxygen atoms in total. The van der Waals surface area contributed by atoms with Crippen LogP contribution in [0.2, 0.25) is 0 Å². The minimum absolute atomic E-state index is 0.903. The summed E-state index contributed by atoms with van der Waals surface area (Å²) in [6, 6.07) is 0. The van der Waals surface area contributed by atoms with Crippen LogP contribution in [0.25, 0.3) is 6.08 Å². The van der Waals surface area contributed by atoms with Crippen molar-refractivity contribution in [2.24, 2.45) is 7.05 Å². The molecule has 1 heterocycles. The van der Waals surface area contributed by atoms with Crippen molar-refractivity contribution in [1.82, 2.24) is 4.98 Å². The molecule has 0 saturated heterocycles. The molecule has 0 atom stereocenters. The molecule has 2 heteroatoms. The van der Waals surface area contributed by atoms with E-state index in [-0.39, 0.29) is 0 Å². The summed E-state index contributed by atoms with van der Waals surface area (Å²) in [7, 11) is 1.95. The van der Waals surface area contributed by atoms with Crippen LogP contribution in [0.4, 0.5) is 0 Å². The summed E-state index contributed by atoms with van der Waals surface area (Å²) in [4.78, 5) is 4.02. The van der Waals surface area contributed by atoms with Gasteiger partial charge in [0.1, 0.15) is 12.7 Å². The summed E-state index contributed by atoms with van der Waals surface area (Å²) < 4.78 is 1.93. The molecule has 9 heavy (non-hydrogen) atoms. The molecule has 0 spiro atoms. The predicted molar refractivity (Wildman–Crippen MR) is 35.5 cm³/mol. The summed E-state index contributed by atoms with van der Waals surface area (Å²) in [6.07, 6.45) is 7.26. The molecule has 0 N–H and O–H groups in total. The molecular weight excluding hydrogens is 112 g/mol. The highest BCUT2D eigenvalue weighted by molar-refractivity contribution is 5.37. The zero-order valence-electron chi connectivity index (χ0n) is 5.41. The Kier molecular flexibility index (Phi) is 1.58. The summed E-state index contributed by atoms with van der Waals surface area (Å²) in [6.45, 7) is 3.60. The first-order chi connectivity index (χ1) is 4.33. The average Bonchev–Trinajstić information content (AvgIpc) is 1.88. The van der Waals surface area contributed by atoms with Crippen LogP contribution in [0.1, 0.15) is 5.69 Å². The van der Waals surface area contributed by atoms with Crippen LogP contribution in [0.5, 0.6) is 0 Å². The Morgan fingerprint density at radius 1 is 1.78 bits per heavy atom. The van der Waals surface area contributed by atoms with Gasteiger partial charge in [0, 0.05) is 0 Å². The molecule has 0 aliphatic heterocycles. The topological polar surface area (TPSA) is 16.8 Å². The molecule has 46 valence electrons. The second-order valence-corrected chi connectivity index (χ2v) is 1.85. The second kappa shape index (κ2) is 2.40. The molecule has 0 amide bonds. The van der Waals surface area contributed by atoms with Crippen molar-refractivity contribution in [1.29, 1.82) is 0 Å². The maximum Gasteiger partial charge on any atom is 0.194 e. The van der Waals surface area contributed by atoms with Gasteiger partial charge in [0.05, 0.1) is 6.20 Å². The molecule has 0 unspecified atom stereocenters. The van der Waals surface area contributed by atoms with Crippen LogP contribution in [-0.2, 0) is 7.05 Å². The van der Waals surface area contributed by atoms with Crippen LogP contribution < -0.4 is 4.57 Å². The van der Waals surface area contributed by atoms with Crippen molar-refractivity contribution in [2.45, 2.75) is 0 Å². The molecule has 0 bridgehead atoms. The highest BCUT2D eigenvalue weighted by atomic mass is 14.9. The van der Waals surface area contributed by atoms with Gasteiger partial charge in [0.2, 0.25) is 0 Å². The molecule has 0 radical (unpaired) electrons. The van der Waals surface area contributed by atoms with E-state index in [1.54, 1.807) is 12.3 Å². The molecule has 0 saturated carbocycles. The minimum Gasteiger partial charge on any atom is -0.244 e. The molecule has 1 rings (SSSR count). The van der Waals surface area contributed by atoms with E-state index < -0.39 is 0 Å². The van der Waals surface area contributed by atoms with Crippen molar-refractivity contribution in [3.05, 3.63) is 30.9 Å². The van der Waals surface area contributed by atoms with E-state index in [4.69, 9.17) is 0 Å². The van der Waals surface area contributed by atoms with Gasteiger partial charge in [-0.2, -0.15) is 0 Å². The van der Waals surface area contributed by atoms with Crippen LogP contribution in [0.3, 0.4) is 0 Å². The van der Waals surface area contributed by atoms with E-state index in [2.05, 4.69) is 11.6 Å². The smallest absolute Gasteiger partial charge is 0.194 e. The summed E-state index contributed by atoms with van der Waals surface area (Å²) >= 11 is 0. The Morgan fingerprint density at radius 2 is 2.56 bits per heavy atom. The number of rotatable bonds is 1. The lowest BCUT2D eigenvalue weighted by atomic mass is 10.4. The fourth-order valence-electron chi connectivity index (χ4n) is 0.615. The number of nitrogens with zero attached hydrogens (tertiary/aromatic N) is 2. The van der Waals surface area contributed by atoms with E-state index in [1.165, 1.54) is 0 Å². The molecule has 0 aliphatic rings. The van der Waals surface area contributed by atoms with Crippen LogP contribution in [0.15, 0.2) is 25.2 Å². The molecule has 0 fully saturated rings. The van der Waals surface area contributed by atoms with E-state index in [0.29, 0.717) is 0 Å². The first kappa shape index (κ1) is 5.95. The fourth-order valence-corrected chi connectivity index (χ4v) is 0.615. The Bertz CT molecular complexity index is 218. The second-order valence-electron chi connectivity index (χ2n) is 1.85. The predicted octanol–water partition coefficient (Wildman–Crippen LogP) is 0.549. The zero-order valence-corrected chi connectivity index (χ0v) is 5.41. The third kappa shape index (κ3) is 1.35. The lowest BCUT2D eigenvalue weighted by Crippen LogP contribution is -2.26. The van der Waals surface area contributed by atoms with Crippen molar-refractivity contribution in [3.8, 4) is 0 Å². The monoisotopic (exact) mass is 121 g/mol. The highest BCUT2D eigenvalue weighted by Crippen LogP contribution is 1.87. The van der Waals surface area contributed by atoms with Gasteiger partial charge in [-0.05, 0) is 6.08 Å². The average molecular weight is 121 g/mol. The van der Waals surface area contributed by atoms with E-state index in [9.17, 15) is 0 Å². The highest BCUT2D eigenvalue weighted by Gasteiger charge is 1.91. The maximum absolute atomic E-state index is 4.02. The third-order valence-corrected chi connectivity index (χ3v) is 1.07. The molecule has 1 aromatic heterocycles. The van der Waals surface area contributed by atoms with Gasteiger partial charge in [0.15, 0.2) is 12.4 Å². The van der Waals surface area contributed by atoms with E-state index in [1.807, 2.05) is 24.0 Å². The Labute approximate surface area is 54.5 Å². The zero-order chi connectivity index (χ0) is 6.69. The molecule has 0 aromatic carbocycles. The largest absolute Gasteiger partial charge is 0.244 e. The van der Waals surface area contributed by atoms with Gasteiger partial charge in [-0.25, -0.2) is 9.55 Å². The number of hydrogen-bond acceptors (Lipinski definition) is 1. The lowest BCUT2D eigenvalue weighted by molar-refractivity contribution is -0.672. The number of aromatic nitrogens is 2. The van der Waals surface area contributed by atoms with Gasteiger partial charge in [0.25, 0.3) is 0 Å². The number of hydrogen-bond donors (Lipinski definition) is 0. The Balaban J connectivity index is 3.07. The van der Waals surface area contributed by atoms with Crippen LogP contribution in [0, 0.1) is 0 Å². The lowest BCUT2D eigenvalue weighted by Gasteiger charge is -1.86. The van der Waals surface area contributed by atoms with Crippen molar-refractivity contribution >= 4 is 6.08 Å². The fraction of sp³-hybridized carbons (Fsp3) is 0.143. The minimum atomic E-state index is 0.903. The van der Waals surface area contributed by atoms with E-state index in [0.717, 1.165) is 5.69 Å². The Morgan fingerprint density at radius 3 is 3.00 bits per heavy atom. The third-order valence-electron chi connectivity index (χ3n) is 1.07. The SMILES string of the molecule is C=Cc1c[n+](C)ccn1.